The van der Waals surface area contributed by atoms with Gasteiger partial charge in [0, 0.05) is 0 Å². The Balaban J connectivity index is 0.000000260. The summed E-state index contributed by atoms with van der Waals surface area (Å²) in [5, 5.41) is 0. The SMILES string of the molecule is C/C=C(/OCC)N(Cc1ccccc1)S(=O)(=O)c1ccc(C)cc1.C/C=C(/OCC)N(Cc1ccccc1)S(=O)(=O)c1ccc(C)cc1. The zero-order chi connectivity index (χ0) is 35.2. The molecule has 0 aliphatic carbocycles. The highest BCUT2D eigenvalue weighted by Crippen LogP contribution is 2.25. The summed E-state index contributed by atoms with van der Waals surface area (Å²) < 4.78 is 66.3. The Labute approximate surface area is 287 Å². The molecule has 0 radical (unpaired) electrons. The van der Waals surface area contributed by atoms with Gasteiger partial charge in [0.05, 0.1) is 36.1 Å². The molecule has 0 unspecified atom stereocenters. The van der Waals surface area contributed by atoms with Crippen LogP contribution in [0.3, 0.4) is 0 Å². The van der Waals surface area contributed by atoms with Crippen LogP contribution in [0, 0.1) is 13.8 Å². The van der Waals surface area contributed by atoms with E-state index in [4.69, 9.17) is 9.47 Å². The minimum absolute atomic E-state index is 0.219. The average molecular weight is 691 g/mol. The number of rotatable bonds is 14. The molecule has 4 rings (SSSR count). The lowest BCUT2D eigenvalue weighted by molar-refractivity contribution is 0.161. The third kappa shape index (κ3) is 10.2. The predicted octanol–water partition coefficient (Wildman–Crippen LogP) is 8.17. The number of hydrogen-bond donors (Lipinski definition) is 0. The first-order chi connectivity index (χ1) is 23.0. The fraction of sp³-hybridized carbons (Fsp3) is 0.263. The Bertz CT molecular complexity index is 1700. The largest absolute Gasteiger partial charge is 0.479 e. The van der Waals surface area contributed by atoms with E-state index in [1.807, 2.05) is 88.4 Å². The highest BCUT2D eigenvalue weighted by Gasteiger charge is 2.29. The highest BCUT2D eigenvalue weighted by atomic mass is 32.2. The number of ether oxygens (including phenoxy) is 2. The molecule has 0 N–H and O–H groups in total. The van der Waals surface area contributed by atoms with Crippen LogP contribution in [0.5, 0.6) is 0 Å². The van der Waals surface area contributed by atoms with Crippen LogP contribution in [0.2, 0.25) is 0 Å². The van der Waals surface area contributed by atoms with E-state index in [1.54, 1.807) is 74.5 Å². The smallest absolute Gasteiger partial charge is 0.266 e. The maximum Gasteiger partial charge on any atom is 0.266 e. The van der Waals surface area contributed by atoms with Gasteiger partial charge in [0.25, 0.3) is 20.0 Å². The summed E-state index contributed by atoms with van der Waals surface area (Å²) in [6.45, 7) is 12.3. The molecular weight excluding hydrogens is 645 g/mol. The van der Waals surface area contributed by atoms with Gasteiger partial charge in [-0.3, -0.25) is 0 Å². The minimum Gasteiger partial charge on any atom is -0.479 e. The Morgan fingerprint density at radius 1 is 0.542 bits per heavy atom. The molecule has 0 aliphatic heterocycles. The van der Waals surface area contributed by atoms with Crippen LogP contribution in [0.1, 0.15) is 49.9 Å². The van der Waals surface area contributed by atoms with Gasteiger partial charge in [0.1, 0.15) is 0 Å². The Hall–Kier alpha value is -4.54. The van der Waals surface area contributed by atoms with E-state index in [0.29, 0.717) is 25.0 Å². The van der Waals surface area contributed by atoms with Crippen LogP contribution >= 0.6 is 0 Å². The van der Waals surface area contributed by atoms with Crippen molar-refractivity contribution in [3.8, 4) is 0 Å². The van der Waals surface area contributed by atoms with Gasteiger partial charge in [0.15, 0.2) is 11.8 Å². The van der Waals surface area contributed by atoms with Gasteiger partial charge in [-0.15, -0.1) is 0 Å². The summed E-state index contributed by atoms with van der Waals surface area (Å²) in [6, 6.07) is 32.7. The third-order valence-corrected chi connectivity index (χ3v) is 10.6. The molecule has 0 aliphatic rings. The number of aryl methyl sites for hydroxylation is 2. The number of benzene rings is 4. The van der Waals surface area contributed by atoms with Gasteiger partial charge in [-0.1, -0.05) is 96.1 Å². The summed E-state index contributed by atoms with van der Waals surface area (Å²) in [7, 11) is -7.42. The molecule has 0 fully saturated rings. The highest BCUT2D eigenvalue weighted by molar-refractivity contribution is 7.89. The molecule has 0 atom stereocenters. The van der Waals surface area contributed by atoms with Gasteiger partial charge >= 0.3 is 0 Å². The molecule has 10 heteroatoms. The average Bonchev–Trinajstić information content (AvgIpc) is 3.09. The molecule has 0 heterocycles. The fourth-order valence-corrected chi connectivity index (χ4v) is 7.53. The van der Waals surface area contributed by atoms with Crippen molar-refractivity contribution in [2.75, 3.05) is 13.2 Å². The second-order valence-electron chi connectivity index (χ2n) is 10.7. The topological polar surface area (TPSA) is 93.2 Å². The summed E-state index contributed by atoms with van der Waals surface area (Å²) in [4.78, 5) is 0.506. The van der Waals surface area contributed by atoms with Crippen LogP contribution in [-0.4, -0.2) is 38.7 Å². The van der Waals surface area contributed by atoms with E-state index in [1.165, 1.54) is 8.61 Å². The van der Waals surface area contributed by atoms with Crippen molar-refractivity contribution in [2.45, 2.75) is 64.4 Å². The van der Waals surface area contributed by atoms with E-state index in [0.717, 1.165) is 22.3 Å². The molecule has 0 amide bonds. The van der Waals surface area contributed by atoms with Gasteiger partial charge in [-0.05, 0) is 89.1 Å². The Kier molecular flexibility index (Phi) is 14.3. The Morgan fingerprint density at radius 3 is 1.12 bits per heavy atom. The second-order valence-corrected chi connectivity index (χ2v) is 14.5. The van der Waals surface area contributed by atoms with Crippen LogP contribution in [0.25, 0.3) is 0 Å². The monoisotopic (exact) mass is 690 g/mol. The zero-order valence-corrected chi connectivity index (χ0v) is 30.2. The van der Waals surface area contributed by atoms with Crippen LogP contribution in [-0.2, 0) is 42.6 Å². The normalized spacial score (nSPS) is 12.0. The van der Waals surface area contributed by atoms with Gasteiger partial charge in [-0.25, -0.2) is 25.4 Å². The molecular formula is C38H46N2O6S2. The first-order valence-electron chi connectivity index (χ1n) is 15.8. The molecule has 0 saturated carbocycles. The van der Waals surface area contributed by atoms with E-state index < -0.39 is 20.0 Å². The molecule has 0 bridgehead atoms. The van der Waals surface area contributed by atoms with E-state index in [2.05, 4.69) is 0 Å². The second kappa shape index (κ2) is 18.1. The van der Waals surface area contributed by atoms with Gasteiger partial charge in [-0.2, -0.15) is 0 Å². The first-order valence-corrected chi connectivity index (χ1v) is 18.7. The molecule has 0 aromatic heterocycles. The van der Waals surface area contributed by atoms with Crippen LogP contribution in [0.4, 0.5) is 0 Å². The van der Waals surface area contributed by atoms with Crippen molar-refractivity contribution in [3.05, 3.63) is 155 Å². The van der Waals surface area contributed by atoms with Crippen molar-refractivity contribution < 1.29 is 26.3 Å². The van der Waals surface area contributed by atoms with Crippen molar-refractivity contribution >= 4 is 20.0 Å². The summed E-state index contributed by atoms with van der Waals surface area (Å²) in [5.74, 6) is 0.670. The molecule has 4 aromatic carbocycles. The maximum absolute atomic E-state index is 13.1. The maximum atomic E-state index is 13.1. The van der Waals surface area contributed by atoms with E-state index in [9.17, 15) is 16.8 Å². The van der Waals surface area contributed by atoms with Gasteiger partial charge in [0.2, 0.25) is 0 Å². The van der Waals surface area contributed by atoms with Crippen molar-refractivity contribution in [1.29, 1.82) is 0 Å². The van der Waals surface area contributed by atoms with Crippen molar-refractivity contribution in [3.63, 3.8) is 0 Å². The van der Waals surface area contributed by atoms with Crippen molar-refractivity contribution in [2.24, 2.45) is 0 Å². The molecule has 48 heavy (non-hydrogen) atoms. The lowest BCUT2D eigenvalue weighted by atomic mass is 10.2. The quantitative estimate of drug-likeness (QED) is 0.124. The van der Waals surface area contributed by atoms with Crippen LogP contribution in [0.15, 0.2) is 143 Å². The molecule has 0 spiro atoms. The predicted molar refractivity (Wildman–Crippen MR) is 191 cm³/mol. The summed E-state index contributed by atoms with van der Waals surface area (Å²) in [5.41, 5.74) is 3.82. The summed E-state index contributed by atoms with van der Waals surface area (Å²) >= 11 is 0. The zero-order valence-electron chi connectivity index (χ0n) is 28.5. The van der Waals surface area contributed by atoms with Crippen LogP contribution < -0.4 is 0 Å². The lowest BCUT2D eigenvalue weighted by Crippen LogP contribution is -2.31. The lowest BCUT2D eigenvalue weighted by Gasteiger charge is -2.26. The van der Waals surface area contributed by atoms with Gasteiger partial charge < -0.3 is 9.47 Å². The molecule has 8 nitrogen and oxygen atoms in total. The van der Waals surface area contributed by atoms with E-state index in [-0.39, 0.29) is 22.9 Å². The van der Waals surface area contributed by atoms with E-state index >= 15 is 0 Å². The number of hydrogen-bond acceptors (Lipinski definition) is 6. The Morgan fingerprint density at radius 2 is 0.854 bits per heavy atom. The summed E-state index contributed by atoms with van der Waals surface area (Å²) in [6.07, 6.45) is 3.36. The number of sulfonamides is 2. The first kappa shape index (κ1) is 37.9. The number of allylic oxidation sites excluding steroid dienone is 2. The standard InChI is InChI=1S/2C19H23NO3S/c2*1-4-19(23-5-2)20(15-17-9-7-6-8-10-17)24(21,22)18-13-11-16(3)12-14-18/h2*4,6-14H,5,15H2,1-3H3/b2*19-4+. The van der Waals surface area contributed by atoms with Crippen molar-refractivity contribution in [1.82, 2.24) is 8.61 Å². The molecule has 0 saturated heterocycles. The fourth-order valence-electron chi connectivity index (χ4n) is 4.63. The third-order valence-electron chi connectivity index (χ3n) is 7.13. The number of nitrogens with zero attached hydrogens (tertiary/aromatic N) is 2. The minimum atomic E-state index is -3.71. The molecule has 256 valence electrons. The molecule has 4 aromatic rings.